The molecule has 0 aliphatic carbocycles. The highest BCUT2D eigenvalue weighted by atomic mass is 16.1. The van der Waals surface area contributed by atoms with Gasteiger partial charge in [0.1, 0.15) is 5.82 Å². The second-order valence-electron chi connectivity index (χ2n) is 11.2. The van der Waals surface area contributed by atoms with Crippen LogP contribution in [0.1, 0.15) is 49.5 Å². The molecule has 2 aliphatic heterocycles. The van der Waals surface area contributed by atoms with Crippen molar-refractivity contribution >= 4 is 39.7 Å². The van der Waals surface area contributed by atoms with Gasteiger partial charge in [-0.2, -0.15) is 5.10 Å². The summed E-state index contributed by atoms with van der Waals surface area (Å²) in [7, 11) is 0. The van der Waals surface area contributed by atoms with Crippen molar-refractivity contribution in [3.8, 4) is 0 Å². The molecule has 2 aromatic heterocycles. The largest absolute Gasteiger partial charge is 0.367 e. The molecule has 1 unspecified atom stereocenters. The maximum Gasteiger partial charge on any atom is 0.259 e. The van der Waals surface area contributed by atoms with Crippen molar-refractivity contribution in [2.75, 3.05) is 35.2 Å². The molecule has 4 heterocycles. The van der Waals surface area contributed by atoms with Crippen LogP contribution in [0.15, 0.2) is 60.9 Å². The first-order valence-corrected chi connectivity index (χ1v) is 13.5. The van der Waals surface area contributed by atoms with Crippen LogP contribution in [0.2, 0.25) is 0 Å². The van der Waals surface area contributed by atoms with Crippen molar-refractivity contribution in [3.05, 3.63) is 72.1 Å². The minimum absolute atomic E-state index is 0.0647. The van der Waals surface area contributed by atoms with Crippen molar-refractivity contribution in [2.45, 2.75) is 45.1 Å². The van der Waals surface area contributed by atoms with Gasteiger partial charge in [0, 0.05) is 46.6 Å². The third-order valence-electron chi connectivity index (χ3n) is 8.17. The lowest BCUT2D eigenvalue weighted by Gasteiger charge is -2.37. The van der Waals surface area contributed by atoms with E-state index in [4.69, 9.17) is 0 Å². The van der Waals surface area contributed by atoms with Crippen LogP contribution in [0.25, 0.3) is 10.9 Å². The van der Waals surface area contributed by atoms with Gasteiger partial charge in [0.15, 0.2) is 0 Å². The lowest BCUT2D eigenvalue weighted by molar-refractivity contribution is 0.102. The van der Waals surface area contributed by atoms with Crippen molar-refractivity contribution in [1.82, 2.24) is 20.5 Å². The summed E-state index contributed by atoms with van der Waals surface area (Å²) in [4.78, 5) is 20.5. The van der Waals surface area contributed by atoms with Gasteiger partial charge in [0.2, 0.25) is 0 Å². The summed E-state index contributed by atoms with van der Waals surface area (Å²) in [6, 6.07) is 16.3. The number of anilines is 4. The van der Waals surface area contributed by atoms with E-state index in [0.717, 1.165) is 41.9 Å². The summed E-state index contributed by atoms with van der Waals surface area (Å²) in [5, 5.41) is 18.0. The molecule has 8 heteroatoms. The van der Waals surface area contributed by atoms with Crippen LogP contribution in [-0.4, -0.2) is 46.8 Å². The summed E-state index contributed by atoms with van der Waals surface area (Å²) in [6.45, 7) is 10.2. The SMILES string of the molecule is CC(C1CCNCC1)N1CC(C)(C)c2ccc(NC(=O)c3cccnc3Nc3ccc4cn[nH]c4c3)cc21. The van der Waals surface area contributed by atoms with Crippen LogP contribution in [-0.2, 0) is 5.41 Å². The fraction of sp³-hybridized carbons (Fsp3) is 0.367. The third-order valence-corrected chi connectivity index (χ3v) is 8.17. The van der Waals surface area contributed by atoms with Crippen LogP contribution in [0, 0.1) is 5.92 Å². The molecule has 0 spiro atoms. The number of aromatic nitrogens is 3. The Bertz CT molecular complexity index is 1470. The van der Waals surface area contributed by atoms with Crippen molar-refractivity contribution in [2.24, 2.45) is 5.92 Å². The Kier molecular flexibility index (Phi) is 6.27. The Morgan fingerprint density at radius 1 is 1.11 bits per heavy atom. The molecule has 4 aromatic rings. The van der Waals surface area contributed by atoms with E-state index in [-0.39, 0.29) is 11.3 Å². The number of fused-ring (bicyclic) bond motifs is 2. The van der Waals surface area contributed by atoms with Gasteiger partial charge in [0.05, 0.1) is 17.3 Å². The van der Waals surface area contributed by atoms with E-state index in [1.165, 1.54) is 24.1 Å². The number of amides is 1. The van der Waals surface area contributed by atoms with E-state index in [1.54, 1.807) is 24.5 Å². The molecule has 0 saturated carbocycles. The molecular formula is C30H35N7O. The number of pyridine rings is 1. The topological polar surface area (TPSA) is 98.0 Å². The first-order chi connectivity index (χ1) is 18.4. The number of hydrogen-bond donors (Lipinski definition) is 4. The molecule has 1 saturated heterocycles. The highest BCUT2D eigenvalue weighted by Crippen LogP contribution is 2.44. The Morgan fingerprint density at radius 2 is 1.92 bits per heavy atom. The number of rotatable bonds is 6. The van der Waals surface area contributed by atoms with E-state index in [1.807, 2.05) is 24.3 Å². The molecule has 6 rings (SSSR count). The quantitative estimate of drug-likeness (QED) is 0.276. The second-order valence-corrected chi connectivity index (χ2v) is 11.2. The number of H-pyrrole nitrogens is 1. The average Bonchev–Trinajstić information content (AvgIpc) is 3.50. The number of hydrogen-bond acceptors (Lipinski definition) is 6. The van der Waals surface area contributed by atoms with E-state index in [0.29, 0.717) is 23.3 Å². The fourth-order valence-electron chi connectivity index (χ4n) is 6.00. The van der Waals surface area contributed by atoms with Crippen LogP contribution < -0.4 is 20.9 Å². The van der Waals surface area contributed by atoms with E-state index in [2.05, 4.69) is 68.9 Å². The minimum atomic E-state index is -0.196. The number of nitrogens with zero attached hydrogens (tertiary/aromatic N) is 3. The number of carbonyl (C=O) groups is 1. The fourth-order valence-corrected chi connectivity index (χ4v) is 6.00. The normalized spacial score (nSPS) is 17.8. The van der Waals surface area contributed by atoms with Gasteiger partial charge in [0.25, 0.3) is 5.91 Å². The molecule has 0 radical (unpaired) electrons. The summed E-state index contributed by atoms with van der Waals surface area (Å²) in [6.07, 6.45) is 5.87. The van der Waals surface area contributed by atoms with Crippen LogP contribution in [0.3, 0.4) is 0 Å². The summed E-state index contributed by atoms with van der Waals surface area (Å²) in [5.74, 6) is 0.979. The zero-order valence-corrected chi connectivity index (χ0v) is 22.2. The Labute approximate surface area is 223 Å². The first kappa shape index (κ1) is 24.4. The predicted molar refractivity (Wildman–Crippen MR) is 153 cm³/mol. The lowest BCUT2D eigenvalue weighted by atomic mass is 9.87. The standard InChI is InChI=1S/C30H35N7O/c1-19(20-10-13-31-14-11-20)37-18-30(2,3)25-9-8-23(16-27(25)37)35-29(38)24-5-4-12-32-28(24)34-22-7-6-21-17-33-36-26(21)15-22/h4-9,12,15-17,19-20,31H,10-11,13-14,18H2,1-3H3,(H,32,34)(H,33,36)(H,35,38). The Morgan fingerprint density at radius 3 is 2.76 bits per heavy atom. The minimum Gasteiger partial charge on any atom is -0.367 e. The van der Waals surface area contributed by atoms with Gasteiger partial charge >= 0.3 is 0 Å². The van der Waals surface area contributed by atoms with Crippen LogP contribution >= 0.6 is 0 Å². The van der Waals surface area contributed by atoms with Gasteiger partial charge in [-0.1, -0.05) is 19.9 Å². The van der Waals surface area contributed by atoms with Gasteiger partial charge < -0.3 is 20.9 Å². The van der Waals surface area contributed by atoms with Crippen molar-refractivity contribution < 1.29 is 4.79 Å². The molecule has 2 aliphatic rings. The number of benzene rings is 2. The van der Waals surface area contributed by atoms with Gasteiger partial charge in [-0.15, -0.1) is 0 Å². The second kappa shape index (κ2) is 9.76. The first-order valence-electron chi connectivity index (χ1n) is 13.5. The highest BCUT2D eigenvalue weighted by molar-refractivity contribution is 6.08. The van der Waals surface area contributed by atoms with E-state index < -0.39 is 0 Å². The summed E-state index contributed by atoms with van der Waals surface area (Å²) >= 11 is 0. The van der Waals surface area contributed by atoms with Crippen LogP contribution in [0.4, 0.5) is 22.9 Å². The van der Waals surface area contributed by atoms with Crippen molar-refractivity contribution in [1.29, 1.82) is 0 Å². The number of aromatic amines is 1. The predicted octanol–water partition coefficient (Wildman–Crippen LogP) is 5.44. The molecule has 1 amide bonds. The molecule has 2 aromatic carbocycles. The van der Waals surface area contributed by atoms with Crippen molar-refractivity contribution in [3.63, 3.8) is 0 Å². The molecule has 0 bridgehead atoms. The number of carbonyl (C=O) groups excluding carboxylic acids is 1. The van der Waals surface area contributed by atoms with E-state index in [9.17, 15) is 4.79 Å². The number of nitrogens with one attached hydrogen (secondary N) is 4. The van der Waals surface area contributed by atoms with E-state index >= 15 is 0 Å². The third kappa shape index (κ3) is 4.60. The highest BCUT2D eigenvalue weighted by Gasteiger charge is 2.39. The summed E-state index contributed by atoms with van der Waals surface area (Å²) in [5.41, 5.74) is 5.67. The van der Waals surface area contributed by atoms with Crippen LogP contribution in [0.5, 0.6) is 0 Å². The lowest BCUT2D eigenvalue weighted by Crippen LogP contribution is -2.44. The Balaban J connectivity index is 1.24. The zero-order valence-electron chi connectivity index (χ0n) is 22.2. The smallest absolute Gasteiger partial charge is 0.259 e. The Hall–Kier alpha value is -3.91. The van der Waals surface area contributed by atoms with Gasteiger partial charge in [-0.05, 0) is 86.8 Å². The molecule has 1 atom stereocenters. The maximum atomic E-state index is 13.5. The van der Waals surface area contributed by atoms with Gasteiger partial charge in [-0.25, -0.2) is 4.98 Å². The molecule has 1 fully saturated rings. The molecule has 8 nitrogen and oxygen atoms in total. The molecule has 38 heavy (non-hydrogen) atoms. The molecule has 4 N–H and O–H groups in total. The summed E-state index contributed by atoms with van der Waals surface area (Å²) < 4.78 is 0. The molecular weight excluding hydrogens is 474 g/mol. The zero-order chi connectivity index (χ0) is 26.3. The van der Waals surface area contributed by atoms with Gasteiger partial charge in [-0.3, -0.25) is 9.89 Å². The number of piperidine rings is 1. The maximum absolute atomic E-state index is 13.5. The monoisotopic (exact) mass is 509 g/mol. The average molecular weight is 510 g/mol. The molecule has 196 valence electrons.